The van der Waals surface area contributed by atoms with Crippen molar-refractivity contribution in [3.05, 3.63) is 0 Å². The topological polar surface area (TPSA) is 0 Å². The smallest absolute Gasteiger partial charge is 0.0121 e. The largest absolute Gasteiger partial charge is 0.0901 e. The highest BCUT2D eigenvalue weighted by Gasteiger charge is 2.06. The van der Waals surface area contributed by atoms with Gasteiger partial charge < -0.3 is 0 Å². The van der Waals surface area contributed by atoms with Crippen molar-refractivity contribution in [3.63, 3.8) is 0 Å². The fraction of sp³-hybridized carbons (Fsp3) is 1.00. The maximum absolute atomic E-state index is 2.36. The molecule has 0 atom stereocenters. The van der Waals surface area contributed by atoms with E-state index in [-0.39, 0.29) is 0 Å². The van der Waals surface area contributed by atoms with Gasteiger partial charge in [0.25, 0.3) is 0 Å². The summed E-state index contributed by atoms with van der Waals surface area (Å²) in [5.41, 5.74) is 0. The van der Waals surface area contributed by atoms with E-state index in [1.165, 1.54) is 64.2 Å². The van der Waals surface area contributed by atoms with Gasteiger partial charge in [-0.1, -0.05) is 101 Å². The standard InChI is InChI=1S/2C7H14.CH3I/c2*1-7-5-3-2-4-6-7;1-2/h2*7H,2-6H2,1H3;1H3. The summed E-state index contributed by atoms with van der Waals surface area (Å²) < 4.78 is 0. The van der Waals surface area contributed by atoms with Crippen LogP contribution in [-0.4, -0.2) is 4.93 Å². The van der Waals surface area contributed by atoms with Crippen LogP contribution in [0.2, 0.25) is 0 Å². The second kappa shape index (κ2) is 12.2. The summed E-state index contributed by atoms with van der Waals surface area (Å²) in [5.74, 6) is 2.07. The van der Waals surface area contributed by atoms with E-state index in [0.717, 1.165) is 11.8 Å². The van der Waals surface area contributed by atoms with Gasteiger partial charge in [0.2, 0.25) is 0 Å². The van der Waals surface area contributed by atoms with Crippen LogP contribution in [0.5, 0.6) is 0 Å². The Labute approximate surface area is 117 Å². The summed E-state index contributed by atoms with van der Waals surface area (Å²) in [6.45, 7) is 4.72. The van der Waals surface area contributed by atoms with E-state index in [1.807, 2.05) is 4.93 Å². The Morgan fingerprint density at radius 2 is 0.812 bits per heavy atom. The average Bonchev–Trinajstić information content (AvgIpc) is 2.34. The molecular formula is C15H31I. The van der Waals surface area contributed by atoms with E-state index < -0.39 is 0 Å². The molecule has 2 aliphatic rings. The molecule has 0 unspecified atom stereocenters. The van der Waals surface area contributed by atoms with Crippen LogP contribution in [0.15, 0.2) is 0 Å². The van der Waals surface area contributed by atoms with Crippen LogP contribution in [0.25, 0.3) is 0 Å². The van der Waals surface area contributed by atoms with Gasteiger partial charge in [-0.05, 0) is 16.8 Å². The van der Waals surface area contributed by atoms with E-state index >= 15 is 0 Å². The van der Waals surface area contributed by atoms with Crippen LogP contribution in [0.1, 0.15) is 78.1 Å². The molecule has 2 rings (SSSR count). The van der Waals surface area contributed by atoms with Crippen LogP contribution >= 0.6 is 22.6 Å². The molecule has 0 bridgehead atoms. The Kier molecular flexibility index (Phi) is 12.8. The monoisotopic (exact) mass is 338 g/mol. The number of halogens is 1. The molecule has 0 aliphatic heterocycles. The highest BCUT2D eigenvalue weighted by Crippen LogP contribution is 2.22. The zero-order chi connectivity index (χ0) is 12.2. The third-order valence-corrected chi connectivity index (χ3v) is 3.79. The minimum absolute atomic E-state index is 1.04. The first-order valence-electron chi connectivity index (χ1n) is 7.17. The Hall–Kier alpha value is 0.730. The maximum Gasteiger partial charge on any atom is -0.0121 e. The SMILES string of the molecule is CC1CCCCC1.CC1CCCCC1.CI. The van der Waals surface area contributed by atoms with Crippen LogP contribution < -0.4 is 0 Å². The van der Waals surface area contributed by atoms with E-state index in [9.17, 15) is 0 Å². The fourth-order valence-corrected chi connectivity index (χ4v) is 2.61. The van der Waals surface area contributed by atoms with Gasteiger partial charge in [-0.25, -0.2) is 0 Å². The van der Waals surface area contributed by atoms with Crippen LogP contribution in [0.3, 0.4) is 0 Å². The molecule has 16 heavy (non-hydrogen) atoms. The summed E-state index contributed by atoms with van der Waals surface area (Å²) in [5, 5.41) is 0. The number of hydrogen-bond donors (Lipinski definition) is 0. The lowest BCUT2D eigenvalue weighted by molar-refractivity contribution is 0.385. The Morgan fingerprint density at radius 1 is 0.562 bits per heavy atom. The second-order valence-electron chi connectivity index (χ2n) is 5.49. The van der Waals surface area contributed by atoms with Crippen molar-refractivity contribution in [1.29, 1.82) is 0 Å². The number of rotatable bonds is 0. The molecule has 0 saturated heterocycles. The number of alkyl halides is 1. The van der Waals surface area contributed by atoms with Crippen LogP contribution in [0.4, 0.5) is 0 Å². The molecule has 2 aliphatic carbocycles. The predicted octanol–water partition coefficient (Wildman–Crippen LogP) is 6.22. The third kappa shape index (κ3) is 9.92. The number of hydrogen-bond acceptors (Lipinski definition) is 0. The van der Waals surface area contributed by atoms with Crippen LogP contribution in [0, 0.1) is 11.8 Å². The molecule has 2 fully saturated rings. The Balaban J connectivity index is 0.000000244. The summed E-state index contributed by atoms with van der Waals surface area (Å²) in [6, 6.07) is 0. The van der Waals surface area contributed by atoms with Crippen molar-refractivity contribution < 1.29 is 0 Å². The van der Waals surface area contributed by atoms with Gasteiger partial charge in [0.05, 0.1) is 0 Å². The van der Waals surface area contributed by atoms with Gasteiger partial charge in [0.15, 0.2) is 0 Å². The van der Waals surface area contributed by atoms with Crippen molar-refractivity contribution in [3.8, 4) is 0 Å². The maximum atomic E-state index is 2.36. The third-order valence-electron chi connectivity index (χ3n) is 3.79. The molecule has 0 aromatic carbocycles. The first-order valence-corrected chi connectivity index (χ1v) is 9.32. The van der Waals surface area contributed by atoms with Crippen molar-refractivity contribution in [2.45, 2.75) is 78.1 Å². The molecule has 2 saturated carbocycles. The van der Waals surface area contributed by atoms with Crippen molar-refractivity contribution >= 4 is 22.6 Å². The zero-order valence-electron chi connectivity index (χ0n) is 11.6. The van der Waals surface area contributed by atoms with Gasteiger partial charge in [-0.15, -0.1) is 0 Å². The van der Waals surface area contributed by atoms with E-state index in [1.54, 1.807) is 0 Å². The molecule has 0 aromatic heterocycles. The van der Waals surface area contributed by atoms with Crippen LogP contribution in [-0.2, 0) is 0 Å². The Morgan fingerprint density at radius 3 is 0.938 bits per heavy atom. The average molecular weight is 338 g/mol. The van der Waals surface area contributed by atoms with E-state index in [0.29, 0.717) is 0 Å². The minimum Gasteiger partial charge on any atom is -0.0901 e. The van der Waals surface area contributed by atoms with Gasteiger partial charge in [0, 0.05) is 0 Å². The van der Waals surface area contributed by atoms with Gasteiger partial charge >= 0.3 is 0 Å². The van der Waals surface area contributed by atoms with Crippen molar-refractivity contribution in [1.82, 2.24) is 0 Å². The first kappa shape index (κ1) is 16.7. The lowest BCUT2D eigenvalue weighted by Gasteiger charge is -2.15. The molecule has 0 nitrogen and oxygen atoms in total. The quantitative estimate of drug-likeness (QED) is 0.363. The van der Waals surface area contributed by atoms with E-state index in [2.05, 4.69) is 36.4 Å². The summed E-state index contributed by atoms with van der Waals surface area (Å²) in [7, 11) is 0. The molecule has 0 aromatic rings. The van der Waals surface area contributed by atoms with Crippen molar-refractivity contribution in [2.75, 3.05) is 4.93 Å². The fourth-order valence-electron chi connectivity index (χ4n) is 2.61. The molecule has 0 spiro atoms. The van der Waals surface area contributed by atoms with Crippen molar-refractivity contribution in [2.24, 2.45) is 11.8 Å². The normalized spacial score (nSPS) is 22.5. The predicted molar refractivity (Wildman–Crippen MR) is 84.4 cm³/mol. The molecule has 0 radical (unpaired) electrons. The van der Waals surface area contributed by atoms with Gasteiger partial charge in [-0.2, -0.15) is 0 Å². The lowest BCUT2D eigenvalue weighted by Crippen LogP contribution is -1.99. The molecule has 0 N–H and O–H groups in total. The highest BCUT2D eigenvalue weighted by molar-refractivity contribution is 14.1. The first-order chi connectivity index (χ1) is 7.79. The summed E-state index contributed by atoms with van der Waals surface area (Å²) in [4.78, 5) is 1.97. The van der Waals surface area contributed by atoms with Gasteiger partial charge in [-0.3, -0.25) is 0 Å². The molecular weight excluding hydrogens is 307 g/mol. The lowest BCUT2D eigenvalue weighted by atomic mass is 9.91. The van der Waals surface area contributed by atoms with E-state index in [4.69, 9.17) is 0 Å². The minimum atomic E-state index is 1.04. The Bertz CT molecular complexity index is 105. The molecule has 1 heteroatoms. The molecule has 0 amide bonds. The molecule has 0 heterocycles. The highest BCUT2D eigenvalue weighted by atomic mass is 127. The zero-order valence-corrected chi connectivity index (χ0v) is 13.8. The summed E-state index contributed by atoms with van der Waals surface area (Å²) in [6.07, 6.45) is 14.9. The van der Waals surface area contributed by atoms with Gasteiger partial charge in [0.1, 0.15) is 0 Å². The molecule has 98 valence electrons. The summed E-state index contributed by atoms with van der Waals surface area (Å²) >= 11 is 2.15. The second-order valence-corrected chi connectivity index (χ2v) is 5.49.